The summed E-state index contributed by atoms with van der Waals surface area (Å²) < 4.78 is 0. The third kappa shape index (κ3) is 3.60. The number of benzene rings is 1. The molecule has 1 aromatic carbocycles. The number of aliphatic hydroxyl groups is 2. The second-order valence-corrected chi connectivity index (χ2v) is 4.80. The Balaban J connectivity index is 3.04. The largest absolute Gasteiger partial charge is 0.395 e. The van der Waals surface area contributed by atoms with Gasteiger partial charge in [-0.2, -0.15) is 0 Å². The van der Waals surface area contributed by atoms with E-state index in [4.69, 9.17) is 16.7 Å². The summed E-state index contributed by atoms with van der Waals surface area (Å²) in [4.78, 5) is 2.04. The van der Waals surface area contributed by atoms with E-state index in [1.807, 2.05) is 17.0 Å². The summed E-state index contributed by atoms with van der Waals surface area (Å²) in [5.41, 5.74) is 1.69. The van der Waals surface area contributed by atoms with Crippen molar-refractivity contribution in [2.45, 2.75) is 32.9 Å². The number of halogens is 1. The highest BCUT2D eigenvalue weighted by atomic mass is 35.5. The van der Waals surface area contributed by atoms with Gasteiger partial charge in [-0.3, -0.25) is 0 Å². The summed E-state index contributed by atoms with van der Waals surface area (Å²) in [7, 11) is 0. The molecule has 1 atom stereocenters. The molecule has 0 spiro atoms. The van der Waals surface area contributed by atoms with Crippen LogP contribution in [0.5, 0.6) is 0 Å². The second kappa shape index (κ2) is 6.24. The Hall–Kier alpha value is -0.770. The lowest BCUT2D eigenvalue weighted by atomic mass is 10.1. The normalized spacial score (nSPS) is 12.9. The molecule has 0 radical (unpaired) electrons. The lowest BCUT2D eigenvalue weighted by Gasteiger charge is -2.29. The average molecular weight is 258 g/mol. The molecule has 1 rings (SSSR count). The Morgan fingerprint density at radius 1 is 1.29 bits per heavy atom. The summed E-state index contributed by atoms with van der Waals surface area (Å²) in [5, 5.41) is 19.1. The summed E-state index contributed by atoms with van der Waals surface area (Å²) in [6, 6.07) is 5.78. The smallest absolute Gasteiger partial charge is 0.0762 e. The molecule has 0 aromatic heterocycles. The molecule has 0 bridgehead atoms. The third-order valence-electron chi connectivity index (χ3n) is 2.73. The second-order valence-electron chi connectivity index (χ2n) is 4.40. The van der Waals surface area contributed by atoms with Crippen LogP contribution in [0.15, 0.2) is 18.2 Å². The van der Waals surface area contributed by atoms with Gasteiger partial charge in [-0.1, -0.05) is 17.7 Å². The summed E-state index contributed by atoms with van der Waals surface area (Å²) in [5.74, 6) is 0. The van der Waals surface area contributed by atoms with Crippen LogP contribution >= 0.6 is 11.6 Å². The van der Waals surface area contributed by atoms with Crippen molar-refractivity contribution in [1.82, 2.24) is 0 Å². The first-order chi connectivity index (χ1) is 7.97. The van der Waals surface area contributed by atoms with E-state index >= 15 is 0 Å². The van der Waals surface area contributed by atoms with Crippen LogP contribution in [-0.2, 0) is 0 Å². The number of rotatable bonds is 5. The van der Waals surface area contributed by atoms with Gasteiger partial charge in [-0.05, 0) is 38.5 Å². The quantitative estimate of drug-likeness (QED) is 0.852. The molecule has 0 heterocycles. The van der Waals surface area contributed by atoms with E-state index in [1.54, 1.807) is 13.0 Å². The minimum atomic E-state index is -0.521. The number of hydrogen-bond donors (Lipinski definition) is 2. The molecule has 96 valence electrons. The minimum Gasteiger partial charge on any atom is -0.395 e. The van der Waals surface area contributed by atoms with Gasteiger partial charge in [0, 0.05) is 12.6 Å². The zero-order valence-electron chi connectivity index (χ0n) is 10.5. The first kappa shape index (κ1) is 14.3. The van der Waals surface area contributed by atoms with Gasteiger partial charge in [-0.15, -0.1) is 0 Å². The molecule has 0 saturated heterocycles. The molecular weight excluding hydrogens is 238 g/mol. The van der Waals surface area contributed by atoms with Crippen molar-refractivity contribution < 1.29 is 10.2 Å². The van der Waals surface area contributed by atoms with E-state index in [1.165, 1.54) is 0 Å². The lowest BCUT2D eigenvalue weighted by molar-refractivity contribution is 0.199. The van der Waals surface area contributed by atoms with Crippen LogP contribution < -0.4 is 4.90 Å². The van der Waals surface area contributed by atoms with Crippen molar-refractivity contribution in [1.29, 1.82) is 0 Å². The van der Waals surface area contributed by atoms with Gasteiger partial charge in [0.1, 0.15) is 0 Å². The maximum Gasteiger partial charge on any atom is 0.0762 e. The van der Waals surface area contributed by atoms with Crippen molar-refractivity contribution in [3.8, 4) is 0 Å². The lowest BCUT2D eigenvalue weighted by Crippen LogP contribution is -2.33. The highest BCUT2D eigenvalue weighted by molar-refractivity contribution is 6.33. The zero-order valence-corrected chi connectivity index (χ0v) is 11.3. The van der Waals surface area contributed by atoms with Crippen LogP contribution in [0.2, 0.25) is 5.02 Å². The number of aliphatic hydroxyl groups excluding tert-OH is 2. The molecule has 0 aliphatic rings. The van der Waals surface area contributed by atoms with Crippen LogP contribution in [-0.4, -0.2) is 29.4 Å². The van der Waals surface area contributed by atoms with Gasteiger partial charge in [0.25, 0.3) is 0 Å². The molecule has 0 aliphatic carbocycles. The SMILES string of the molecule is CC(C)N(CCO)c1ccc([C@H](C)O)cc1Cl. The molecule has 4 heteroatoms. The predicted octanol–water partition coefficient (Wildman–Crippen LogP) is 2.60. The maximum atomic E-state index is 9.48. The van der Waals surface area contributed by atoms with Crippen molar-refractivity contribution in [3.05, 3.63) is 28.8 Å². The summed E-state index contributed by atoms with van der Waals surface area (Å²) in [6.07, 6.45) is -0.521. The Labute approximate surface area is 108 Å². The monoisotopic (exact) mass is 257 g/mol. The maximum absolute atomic E-state index is 9.48. The first-order valence-electron chi connectivity index (χ1n) is 5.82. The summed E-state index contributed by atoms with van der Waals surface area (Å²) >= 11 is 6.21. The van der Waals surface area contributed by atoms with E-state index in [2.05, 4.69) is 13.8 Å². The Bertz CT molecular complexity index is 366. The predicted molar refractivity (Wildman–Crippen MR) is 71.7 cm³/mol. The highest BCUT2D eigenvalue weighted by Crippen LogP contribution is 2.30. The van der Waals surface area contributed by atoms with Crippen molar-refractivity contribution >= 4 is 17.3 Å². The van der Waals surface area contributed by atoms with Gasteiger partial charge in [-0.25, -0.2) is 0 Å². The number of hydrogen-bond acceptors (Lipinski definition) is 3. The van der Waals surface area contributed by atoms with E-state index < -0.39 is 6.10 Å². The standard InChI is InChI=1S/C13H20ClNO2/c1-9(2)15(6-7-16)13-5-4-11(10(3)17)8-12(13)14/h4-5,8-10,16-17H,6-7H2,1-3H3/t10-/m0/s1. The van der Waals surface area contributed by atoms with E-state index in [9.17, 15) is 5.11 Å². The van der Waals surface area contributed by atoms with Crippen LogP contribution in [0.4, 0.5) is 5.69 Å². The van der Waals surface area contributed by atoms with Gasteiger partial charge >= 0.3 is 0 Å². The minimum absolute atomic E-state index is 0.0899. The molecule has 2 N–H and O–H groups in total. The molecule has 17 heavy (non-hydrogen) atoms. The van der Waals surface area contributed by atoms with Crippen LogP contribution in [0, 0.1) is 0 Å². The fourth-order valence-electron chi connectivity index (χ4n) is 1.78. The van der Waals surface area contributed by atoms with Crippen LogP contribution in [0.3, 0.4) is 0 Å². The zero-order chi connectivity index (χ0) is 13.0. The van der Waals surface area contributed by atoms with Crippen molar-refractivity contribution in [2.75, 3.05) is 18.1 Å². The number of anilines is 1. The number of nitrogens with zero attached hydrogens (tertiary/aromatic N) is 1. The third-order valence-corrected chi connectivity index (χ3v) is 3.03. The van der Waals surface area contributed by atoms with Gasteiger partial charge < -0.3 is 15.1 Å². The molecule has 0 amide bonds. The molecule has 1 aromatic rings. The Morgan fingerprint density at radius 3 is 2.35 bits per heavy atom. The Morgan fingerprint density at radius 2 is 1.94 bits per heavy atom. The van der Waals surface area contributed by atoms with Gasteiger partial charge in [0.15, 0.2) is 0 Å². The van der Waals surface area contributed by atoms with Crippen molar-refractivity contribution in [2.24, 2.45) is 0 Å². The molecule has 0 fully saturated rings. The molecule has 0 unspecified atom stereocenters. The van der Waals surface area contributed by atoms with Crippen molar-refractivity contribution in [3.63, 3.8) is 0 Å². The fraction of sp³-hybridized carbons (Fsp3) is 0.538. The van der Waals surface area contributed by atoms with Crippen LogP contribution in [0.25, 0.3) is 0 Å². The van der Waals surface area contributed by atoms with E-state index in [0.29, 0.717) is 11.6 Å². The fourth-order valence-corrected chi connectivity index (χ4v) is 2.08. The molecule has 0 aliphatic heterocycles. The highest BCUT2D eigenvalue weighted by Gasteiger charge is 2.14. The van der Waals surface area contributed by atoms with Gasteiger partial charge in [0.05, 0.1) is 23.4 Å². The molecule has 0 saturated carbocycles. The van der Waals surface area contributed by atoms with Gasteiger partial charge in [0.2, 0.25) is 0 Å². The average Bonchev–Trinajstić information content (AvgIpc) is 2.26. The Kier molecular flexibility index (Phi) is 5.25. The first-order valence-corrected chi connectivity index (χ1v) is 6.20. The topological polar surface area (TPSA) is 43.7 Å². The summed E-state index contributed by atoms with van der Waals surface area (Å²) in [6.45, 7) is 6.44. The molecular formula is C13H20ClNO2. The van der Waals surface area contributed by atoms with Crippen LogP contribution in [0.1, 0.15) is 32.4 Å². The molecule has 3 nitrogen and oxygen atoms in total. The van der Waals surface area contributed by atoms with E-state index in [0.717, 1.165) is 11.3 Å². The van der Waals surface area contributed by atoms with E-state index in [-0.39, 0.29) is 12.6 Å².